The van der Waals surface area contributed by atoms with E-state index in [0.29, 0.717) is 23.7 Å². The molecule has 1 atom stereocenters. The Bertz CT molecular complexity index is 574. The summed E-state index contributed by atoms with van der Waals surface area (Å²) >= 11 is 0. The monoisotopic (exact) mass is 315 g/mol. The third kappa shape index (κ3) is 3.72. The van der Waals surface area contributed by atoms with Crippen molar-refractivity contribution in [2.24, 2.45) is 0 Å². The van der Waals surface area contributed by atoms with Crippen LogP contribution < -0.4 is 19.5 Å². The Balaban J connectivity index is 2.24. The van der Waals surface area contributed by atoms with Crippen molar-refractivity contribution < 1.29 is 22.6 Å². The number of methoxy groups -OCH3 is 3. The van der Waals surface area contributed by atoms with Crippen LogP contribution in [0.25, 0.3) is 0 Å². The minimum absolute atomic E-state index is 0.0912. The van der Waals surface area contributed by atoms with Crippen LogP contribution in [0.1, 0.15) is 12.8 Å². The van der Waals surface area contributed by atoms with Crippen LogP contribution in [-0.4, -0.2) is 47.3 Å². The fourth-order valence-corrected chi connectivity index (χ4v) is 4.17. The largest absolute Gasteiger partial charge is 0.493 e. The highest BCUT2D eigenvalue weighted by Crippen LogP contribution is 2.40. The van der Waals surface area contributed by atoms with Crippen LogP contribution in [0.15, 0.2) is 12.1 Å². The quantitative estimate of drug-likeness (QED) is 0.891. The van der Waals surface area contributed by atoms with E-state index in [2.05, 4.69) is 5.32 Å². The van der Waals surface area contributed by atoms with Crippen LogP contribution in [-0.2, 0) is 9.84 Å². The number of nitrogens with one attached hydrogen (secondary N) is 1. The SMILES string of the molecule is COc1cc(NC2CCCS(=O)(=O)C2)cc(OC)c1OC. The van der Waals surface area contributed by atoms with Gasteiger partial charge in [-0.3, -0.25) is 0 Å². The summed E-state index contributed by atoms with van der Waals surface area (Å²) in [6.45, 7) is 0. The molecular formula is C14H21NO5S. The van der Waals surface area contributed by atoms with Gasteiger partial charge in [-0.2, -0.15) is 0 Å². The number of hydrogen-bond acceptors (Lipinski definition) is 6. The summed E-state index contributed by atoms with van der Waals surface area (Å²) in [4.78, 5) is 0. The van der Waals surface area contributed by atoms with Crippen LogP contribution in [0.2, 0.25) is 0 Å². The van der Waals surface area contributed by atoms with Crippen molar-refractivity contribution in [2.45, 2.75) is 18.9 Å². The van der Waals surface area contributed by atoms with Gasteiger partial charge in [0.05, 0.1) is 32.8 Å². The number of rotatable bonds is 5. The Morgan fingerprint density at radius 1 is 1.10 bits per heavy atom. The second-order valence-electron chi connectivity index (χ2n) is 5.01. The molecule has 2 rings (SSSR count). The first-order valence-electron chi connectivity index (χ1n) is 6.76. The lowest BCUT2D eigenvalue weighted by Gasteiger charge is -2.24. The standard InChI is InChI=1S/C14H21NO5S/c1-18-12-7-11(8-13(19-2)14(12)20-3)15-10-5-4-6-21(16,17)9-10/h7-8,10,15H,4-6,9H2,1-3H3. The molecule has 1 saturated heterocycles. The first kappa shape index (κ1) is 15.8. The summed E-state index contributed by atoms with van der Waals surface area (Å²) in [6, 6.07) is 3.47. The molecule has 0 radical (unpaired) electrons. The van der Waals surface area contributed by atoms with E-state index in [0.717, 1.165) is 12.1 Å². The summed E-state index contributed by atoms with van der Waals surface area (Å²) in [5.74, 6) is 2.03. The Labute approximate surface area is 125 Å². The minimum Gasteiger partial charge on any atom is -0.493 e. The summed E-state index contributed by atoms with van der Waals surface area (Å²) in [6.07, 6.45) is 1.51. The normalized spacial score (nSPS) is 20.6. The van der Waals surface area contributed by atoms with Crippen LogP contribution in [0, 0.1) is 0 Å². The average molecular weight is 315 g/mol. The van der Waals surface area contributed by atoms with Gasteiger partial charge in [0, 0.05) is 23.9 Å². The molecule has 1 aliphatic heterocycles. The van der Waals surface area contributed by atoms with Crippen molar-refractivity contribution in [2.75, 3.05) is 38.2 Å². The van der Waals surface area contributed by atoms with Gasteiger partial charge in [-0.1, -0.05) is 0 Å². The topological polar surface area (TPSA) is 73.9 Å². The zero-order chi connectivity index (χ0) is 15.5. The van der Waals surface area contributed by atoms with Gasteiger partial charge < -0.3 is 19.5 Å². The van der Waals surface area contributed by atoms with Gasteiger partial charge in [0.25, 0.3) is 0 Å². The van der Waals surface area contributed by atoms with Gasteiger partial charge in [-0.25, -0.2) is 8.42 Å². The lowest BCUT2D eigenvalue weighted by atomic mass is 10.1. The molecule has 6 nitrogen and oxygen atoms in total. The van der Waals surface area contributed by atoms with E-state index in [1.807, 2.05) is 0 Å². The summed E-state index contributed by atoms with van der Waals surface area (Å²) in [5.41, 5.74) is 0.756. The molecule has 0 spiro atoms. The number of benzene rings is 1. The maximum absolute atomic E-state index is 11.7. The molecule has 0 saturated carbocycles. The smallest absolute Gasteiger partial charge is 0.203 e. The van der Waals surface area contributed by atoms with E-state index in [9.17, 15) is 8.42 Å². The van der Waals surface area contributed by atoms with E-state index in [1.165, 1.54) is 0 Å². The van der Waals surface area contributed by atoms with E-state index in [4.69, 9.17) is 14.2 Å². The molecule has 7 heteroatoms. The molecule has 118 valence electrons. The second-order valence-corrected chi connectivity index (χ2v) is 7.24. The minimum atomic E-state index is -2.95. The molecule has 0 amide bonds. The van der Waals surface area contributed by atoms with Crippen LogP contribution >= 0.6 is 0 Å². The number of sulfone groups is 1. The first-order valence-corrected chi connectivity index (χ1v) is 8.58. The summed E-state index contributed by atoms with van der Waals surface area (Å²) in [5, 5.41) is 3.24. The molecule has 1 N–H and O–H groups in total. The zero-order valence-corrected chi connectivity index (χ0v) is 13.3. The number of hydrogen-bond donors (Lipinski definition) is 1. The lowest BCUT2D eigenvalue weighted by Crippen LogP contribution is -2.34. The molecule has 0 bridgehead atoms. The molecule has 1 heterocycles. The third-order valence-electron chi connectivity index (χ3n) is 3.50. The van der Waals surface area contributed by atoms with Crippen LogP contribution in [0.4, 0.5) is 5.69 Å². The van der Waals surface area contributed by atoms with Gasteiger partial charge in [0.1, 0.15) is 0 Å². The summed E-state index contributed by atoms with van der Waals surface area (Å²) < 4.78 is 39.2. The Morgan fingerprint density at radius 2 is 1.71 bits per heavy atom. The van der Waals surface area contributed by atoms with E-state index < -0.39 is 9.84 Å². The molecular weight excluding hydrogens is 294 g/mol. The molecule has 0 aliphatic carbocycles. The van der Waals surface area contributed by atoms with Gasteiger partial charge in [0.2, 0.25) is 5.75 Å². The van der Waals surface area contributed by atoms with E-state index in [1.54, 1.807) is 33.5 Å². The maximum atomic E-state index is 11.7. The third-order valence-corrected chi connectivity index (χ3v) is 5.32. The Morgan fingerprint density at radius 3 is 2.19 bits per heavy atom. The van der Waals surface area contributed by atoms with Crippen molar-refractivity contribution in [1.29, 1.82) is 0 Å². The maximum Gasteiger partial charge on any atom is 0.203 e. The van der Waals surface area contributed by atoms with Gasteiger partial charge in [-0.05, 0) is 12.8 Å². The highest BCUT2D eigenvalue weighted by atomic mass is 32.2. The highest BCUT2D eigenvalue weighted by molar-refractivity contribution is 7.91. The van der Waals surface area contributed by atoms with Crippen LogP contribution in [0.5, 0.6) is 17.2 Å². The molecule has 0 aromatic heterocycles. The summed E-state index contributed by atoms with van der Waals surface area (Å²) in [7, 11) is 1.69. The van der Waals surface area contributed by atoms with Crippen molar-refractivity contribution in [3.8, 4) is 17.2 Å². The predicted molar refractivity (Wildman–Crippen MR) is 81.4 cm³/mol. The molecule has 1 aromatic rings. The fourth-order valence-electron chi connectivity index (χ4n) is 2.54. The number of anilines is 1. The average Bonchev–Trinajstić information content (AvgIpc) is 2.45. The van der Waals surface area contributed by atoms with Crippen molar-refractivity contribution in [3.63, 3.8) is 0 Å². The van der Waals surface area contributed by atoms with Gasteiger partial charge in [0.15, 0.2) is 21.3 Å². The molecule has 1 unspecified atom stereocenters. The lowest BCUT2D eigenvalue weighted by molar-refractivity contribution is 0.324. The van der Waals surface area contributed by atoms with Gasteiger partial charge in [-0.15, -0.1) is 0 Å². The van der Waals surface area contributed by atoms with E-state index in [-0.39, 0.29) is 17.5 Å². The molecule has 1 aliphatic rings. The molecule has 21 heavy (non-hydrogen) atoms. The van der Waals surface area contributed by atoms with Crippen molar-refractivity contribution in [3.05, 3.63) is 12.1 Å². The Kier molecular flexibility index (Phi) is 4.82. The number of ether oxygens (including phenoxy) is 3. The molecule has 1 aromatic carbocycles. The van der Waals surface area contributed by atoms with E-state index >= 15 is 0 Å². The zero-order valence-electron chi connectivity index (χ0n) is 12.5. The van der Waals surface area contributed by atoms with Crippen LogP contribution in [0.3, 0.4) is 0 Å². The van der Waals surface area contributed by atoms with Gasteiger partial charge >= 0.3 is 0 Å². The highest BCUT2D eigenvalue weighted by Gasteiger charge is 2.25. The first-order chi connectivity index (χ1) is 9.99. The second kappa shape index (κ2) is 6.43. The predicted octanol–water partition coefficient (Wildman–Crippen LogP) is 1.70. The molecule has 1 fully saturated rings. The van der Waals surface area contributed by atoms with Crippen molar-refractivity contribution >= 4 is 15.5 Å². The Hall–Kier alpha value is -1.63. The van der Waals surface area contributed by atoms with Crippen molar-refractivity contribution in [1.82, 2.24) is 0 Å². The fraction of sp³-hybridized carbons (Fsp3) is 0.571.